The van der Waals surface area contributed by atoms with Crippen molar-refractivity contribution in [3.8, 4) is 0 Å². The Morgan fingerprint density at radius 1 is 1.46 bits per heavy atom. The first-order valence-corrected chi connectivity index (χ1v) is 5.31. The number of nitrogens with one attached hydrogen (secondary N) is 1. The predicted octanol–water partition coefficient (Wildman–Crippen LogP) is 0.459. The minimum absolute atomic E-state index is 0.141. The lowest BCUT2D eigenvalue weighted by atomic mass is 10.0. The summed E-state index contributed by atoms with van der Waals surface area (Å²) in [6.07, 6.45) is 1.19. The van der Waals surface area contributed by atoms with E-state index in [-0.39, 0.29) is 5.60 Å². The Morgan fingerprint density at radius 2 is 2.31 bits per heavy atom. The van der Waals surface area contributed by atoms with E-state index < -0.39 is 0 Å². The first kappa shape index (κ1) is 9.44. The Bertz CT molecular complexity index is 176. The molecule has 2 rings (SSSR count). The molecule has 2 aliphatic rings. The zero-order valence-corrected chi connectivity index (χ0v) is 8.68. The van der Waals surface area contributed by atoms with Crippen molar-refractivity contribution in [1.82, 2.24) is 10.2 Å². The van der Waals surface area contributed by atoms with Crippen molar-refractivity contribution >= 4 is 0 Å². The maximum absolute atomic E-state index is 5.90. The van der Waals surface area contributed by atoms with Gasteiger partial charge in [0, 0.05) is 32.2 Å². The summed E-state index contributed by atoms with van der Waals surface area (Å²) in [5.41, 5.74) is 0.141. The molecule has 1 N–H and O–H groups in total. The number of morpholine rings is 1. The molecule has 0 radical (unpaired) electrons. The zero-order valence-electron chi connectivity index (χ0n) is 8.68. The van der Waals surface area contributed by atoms with E-state index in [2.05, 4.69) is 24.1 Å². The van der Waals surface area contributed by atoms with Gasteiger partial charge in [-0.1, -0.05) is 0 Å². The Kier molecular flexibility index (Phi) is 2.58. The molecule has 0 unspecified atom stereocenters. The molecule has 0 aromatic rings. The number of hydrogen-bond donors (Lipinski definition) is 1. The van der Waals surface area contributed by atoms with Gasteiger partial charge in [-0.2, -0.15) is 0 Å². The molecule has 0 amide bonds. The molecule has 2 fully saturated rings. The molecule has 1 atom stereocenters. The van der Waals surface area contributed by atoms with Crippen LogP contribution in [0.5, 0.6) is 0 Å². The van der Waals surface area contributed by atoms with E-state index in [1.54, 1.807) is 0 Å². The second kappa shape index (κ2) is 3.56. The average Bonchev–Trinajstić information content (AvgIpc) is 2.51. The summed E-state index contributed by atoms with van der Waals surface area (Å²) in [4.78, 5) is 2.51. The van der Waals surface area contributed by atoms with Crippen LogP contribution < -0.4 is 5.32 Å². The number of ether oxygens (including phenoxy) is 1. The molecule has 0 aliphatic carbocycles. The molecule has 0 aromatic heterocycles. The maximum Gasteiger partial charge on any atom is 0.0945 e. The van der Waals surface area contributed by atoms with Crippen LogP contribution >= 0.6 is 0 Å². The van der Waals surface area contributed by atoms with Crippen molar-refractivity contribution in [2.24, 2.45) is 0 Å². The zero-order chi connectivity index (χ0) is 9.31. The van der Waals surface area contributed by atoms with Gasteiger partial charge in [0.25, 0.3) is 0 Å². The molecule has 0 aromatic carbocycles. The van der Waals surface area contributed by atoms with E-state index in [4.69, 9.17) is 4.74 Å². The molecule has 0 bridgehead atoms. The summed E-state index contributed by atoms with van der Waals surface area (Å²) >= 11 is 0. The number of nitrogens with zero attached hydrogens (tertiary/aromatic N) is 1. The van der Waals surface area contributed by atoms with Crippen LogP contribution in [0.3, 0.4) is 0 Å². The Hall–Kier alpha value is -0.120. The molecule has 3 nitrogen and oxygen atoms in total. The van der Waals surface area contributed by atoms with Gasteiger partial charge < -0.3 is 10.1 Å². The third kappa shape index (κ3) is 1.87. The van der Waals surface area contributed by atoms with Crippen LogP contribution in [-0.2, 0) is 4.74 Å². The van der Waals surface area contributed by atoms with Gasteiger partial charge in [-0.25, -0.2) is 0 Å². The fraction of sp³-hybridized carbons (Fsp3) is 1.00. The normalized spacial score (nSPS) is 36.2. The Labute approximate surface area is 80.4 Å². The highest BCUT2D eigenvalue weighted by atomic mass is 16.5. The molecule has 2 heterocycles. The molecule has 0 saturated carbocycles. The molecule has 76 valence electrons. The van der Waals surface area contributed by atoms with Gasteiger partial charge in [0.15, 0.2) is 0 Å². The summed E-state index contributed by atoms with van der Waals surface area (Å²) in [5.74, 6) is 0. The molecule has 3 heteroatoms. The van der Waals surface area contributed by atoms with Crippen LogP contribution in [0, 0.1) is 0 Å². The molecule has 13 heavy (non-hydrogen) atoms. The SMILES string of the molecule is CC(C)N1CC[C@]2(CNCCO2)C1. The minimum Gasteiger partial charge on any atom is -0.371 e. The van der Waals surface area contributed by atoms with Crippen LogP contribution in [0.1, 0.15) is 20.3 Å². The van der Waals surface area contributed by atoms with Crippen molar-refractivity contribution in [2.75, 3.05) is 32.8 Å². The molecule has 2 aliphatic heterocycles. The van der Waals surface area contributed by atoms with Crippen LogP contribution in [-0.4, -0.2) is 49.3 Å². The van der Waals surface area contributed by atoms with Crippen molar-refractivity contribution in [3.05, 3.63) is 0 Å². The summed E-state index contributed by atoms with van der Waals surface area (Å²) in [7, 11) is 0. The van der Waals surface area contributed by atoms with Gasteiger partial charge >= 0.3 is 0 Å². The highest BCUT2D eigenvalue weighted by Crippen LogP contribution is 2.27. The molecule has 2 saturated heterocycles. The average molecular weight is 184 g/mol. The van der Waals surface area contributed by atoms with E-state index in [1.807, 2.05) is 0 Å². The standard InChI is InChI=1S/C10H20N2O/c1-9(2)12-5-3-10(8-12)7-11-4-6-13-10/h9,11H,3-8H2,1-2H3/t10-/m0/s1. The summed E-state index contributed by atoms with van der Waals surface area (Å²) < 4.78 is 5.90. The van der Waals surface area contributed by atoms with Crippen LogP contribution in [0.4, 0.5) is 0 Å². The summed E-state index contributed by atoms with van der Waals surface area (Å²) in [6, 6.07) is 0.657. The number of rotatable bonds is 1. The Balaban J connectivity index is 1.94. The van der Waals surface area contributed by atoms with E-state index in [1.165, 1.54) is 13.0 Å². The van der Waals surface area contributed by atoms with E-state index in [0.717, 1.165) is 26.2 Å². The topological polar surface area (TPSA) is 24.5 Å². The monoisotopic (exact) mass is 184 g/mol. The van der Waals surface area contributed by atoms with E-state index in [9.17, 15) is 0 Å². The van der Waals surface area contributed by atoms with E-state index in [0.29, 0.717) is 6.04 Å². The number of hydrogen-bond acceptors (Lipinski definition) is 3. The van der Waals surface area contributed by atoms with Gasteiger partial charge in [-0.05, 0) is 20.3 Å². The van der Waals surface area contributed by atoms with Gasteiger partial charge in [-0.3, -0.25) is 4.90 Å². The molecular weight excluding hydrogens is 164 g/mol. The van der Waals surface area contributed by atoms with E-state index >= 15 is 0 Å². The first-order chi connectivity index (χ1) is 6.22. The largest absolute Gasteiger partial charge is 0.371 e. The molecular formula is C10H20N2O. The lowest BCUT2D eigenvalue weighted by molar-refractivity contribution is -0.0585. The highest BCUT2D eigenvalue weighted by Gasteiger charge is 2.40. The number of likely N-dealkylation sites (tertiary alicyclic amines) is 1. The highest BCUT2D eigenvalue weighted by molar-refractivity contribution is 4.96. The maximum atomic E-state index is 5.90. The summed E-state index contributed by atoms with van der Waals surface area (Å²) in [6.45, 7) is 9.76. The smallest absolute Gasteiger partial charge is 0.0945 e. The fourth-order valence-corrected chi connectivity index (χ4v) is 2.29. The predicted molar refractivity (Wildman–Crippen MR) is 52.9 cm³/mol. The van der Waals surface area contributed by atoms with Crippen molar-refractivity contribution in [1.29, 1.82) is 0 Å². The minimum atomic E-state index is 0.141. The van der Waals surface area contributed by atoms with Gasteiger partial charge in [0.05, 0.1) is 12.2 Å². The molecule has 1 spiro atoms. The van der Waals surface area contributed by atoms with Crippen LogP contribution in [0.25, 0.3) is 0 Å². The third-order valence-corrected chi connectivity index (χ3v) is 3.21. The first-order valence-electron chi connectivity index (χ1n) is 5.31. The lowest BCUT2D eigenvalue weighted by Gasteiger charge is -2.34. The van der Waals surface area contributed by atoms with Gasteiger partial charge in [0.1, 0.15) is 0 Å². The van der Waals surface area contributed by atoms with Gasteiger partial charge in [-0.15, -0.1) is 0 Å². The second-order valence-corrected chi connectivity index (χ2v) is 4.52. The fourth-order valence-electron chi connectivity index (χ4n) is 2.29. The second-order valence-electron chi connectivity index (χ2n) is 4.52. The van der Waals surface area contributed by atoms with Crippen molar-refractivity contribution in [2.45, 2.75) is 31.9 Å². The third-order valence-electron chi connectivity index (χ3n) is 3.21. The van der Waals surface area contributed by atoms with Crippen molar-refractivity contribution in [3.63, 3.8) is 0 Å². The van der Waals surface area contributed by atoms with Crippen molar-refractivity contribution < 1.29 is 4.74 Å². The summed E-state index contributed by atoms with van der Waals surface area (Å²) in [5, 5.41) is 3.43. The lowest BCUT2D eigenvalue weighted by Crippen LogP contribution is -2.51. The Morgan fingerprint density at radius 3 is 2.85 bits per heavy atom. The van der Waals surface area contributed by atoms with Gasteiger partial charge in [0.2, 0.25) is 0 Å². The van der Waals surface area contributed by atoms with Crippen LogP contribution in [0.15, 0.2) is 0 Å². The van der Waals surface area contributed by atoms with Crippen LogP contribution in [0.2, 0.25) is 0 Å². The quantitative estimate of drug-likeness (QED) is 0.641.